The van der Waals surface area contributed by atoms with Gasteiger partial charge in [0, 0.05) is 12.6 Å². The number of hydrogen-bond acceptors (Lipinski definition) is 4. The van der Waals surface area contributed by atoms with Gasteiger partial charge in [0.2, 0.25) is 10.0 Å². The van der Waals surface area contributed by atoms with Gasteiger partial charge in [-0.3, -0.25) is 0 Å². The maximum absolute atomic E-state index is 12.9. The highest BCUT2D eigenvalue weighted by atomic mass is 35.5. The zero-order chi connectivity index (χ0) is 17.2. The number of halogens is 1. The van der Waals surface area contributed by atoms with Crippen molar-refractivity contribution in [2.45, 2.75) is 50.0 Å². The van der Waals surface area contributed by atoms with E-state index in [9.17, 15) is 13.5 Å². The molecule has 142 valence electrons. The minimum Gasteiger partial charge on any atom is -1.00 e. The molecule has 2 aliphatic rings. The first-order valence-electron chi connectivity index (χ1n) is 9.00. The van der Waals surface area contributed by atoms with Crippen LogP contribution in [0.1, 0.15) is 39.0 Å². The average Bonchev–Trinajstić information content (AvgIpc) is 3.04. The third kappa shape index (κ3) is 4.88. The van der Waals surface area contributed by atoms with Crippen molar-refractivity contribution in [2.75, 3.05) is 26.2 Å². The molecule has 0 saturated carbocycles. The largest absolute Gasteiger partial charge is 1.00 e. The molecule has 2 saturated heterocycles. The summed E-state index contributed by atoms with van der Waals surface area (Å²) in [5, 5.41) is 9.59. The highest BCUT2D eigenvalue weighted by Crippen LogP contribution is 2.29. The molecule has 0 unspecified atom stereocenters. The zero-order valence-electron chi connectivity index (χ0n) is 14.8. The molecule has 1 atom stereocenters. The molecular formula is C18H28ClN2O3S-. The van der Waals surface area contributed by atoms with E-state index in [4.69, 9.17) is 0 Å². The second-order valence-corrected chi connectivity index (χ2v) is 9.11. The van der Waals surface area contributed by atoms with E-state index in [-0.39, 0.29) is 29.1 Å². The molecule has 1 aromatic carbocycles. The van der Waals surface area contributed by atoms with Gasteiger partial charge in [0.15, 0.2) is 0 Å². The van der Waals surface area contributed by atoms with Gasteiger partial charge in [0.1, 0.15) is 5.75 Å². The molecule has 5 nitrogen and oxygen atoms in total. The lowest BCUT2D eigenvalue weighted by molar-refractivity contribution is -0.00000892. The smallest absolute Gasteiger partial charge is 0.243 e. The van der Waals surface area contributed by atoms with Crippen molar-refractivity contribution < 1.29 is 25.9 Å². The molecule has 2 fully saturated rings. The van der Waals surface area contributed by atoms with Gasteiger partial charge in [0.05, 0.1) is 4.90 Å². The first kappa shape index (κ1) is 20.5. The van der Waals surface area contributed by atoms with Gasteiger partial charge in [-0.05, 0) is 75.9 Å². The first-order valence-corrected chi connectivity index (χ1v) is 10.4. The van der Waals surface area contributed by atoms with Crippen molar-refractivity contribution in [3.8, 4) is 5.75 Å². The van der Waals surface area contributed by atoms with Crippen LogP contribution in [-0.4, -0.2) is 55.0 Å². The van der Waals surface area contributed by atoms with Crippen LogP contribution in [0.4, 0.5) is 0 Å². The number of likely N-dealkylation sites (tertiary alicyclic amines) is 1. The number of sulfonamides is 1. The van der Waals surface area contributed by atoms with Crippen LogP contribution in [0.15, 0.2) is 29.2 Å². The summed E-state index contributed by atoms with van der Waals surface area (Å²) in [6.07, 6.45) is 5.24. The number of piperidine rings is 1. The number of nitrogens with zero attached hydrogens (tertiary/aromatic N) is 2. The summed E-state index contributed by atoms with van der Waals surface area (Å²) in [6.45, 7) is 6.13. The number of aromatic hydroxyl groups is 1. The summed E-state index contributed by atoms with van der Waals surface area (Å²) in [4.78, 5) is 2.67. The van der Waals surface area contributed by atoms with Crippen LogP contribution in [0, 0.1) is 5.92 Å². The molecule has 7 heteroatoms. The Morgan fingerprint density at radius 2 is 1.88 bits per heavy atom. The summed E-state index contributed by atoms with van der Waals surface area (Å²) < 4.78 is 27.4. The third-order valence-corrected chi connectivity index (χ3v) is 7.35. The van der Waals surface area contributed by atoms with Crippen molar-refractivity contribution in [3.63, 3.8) is 0 Å². The minimum absolute atomic E-state index is 0. The van der Waals surface area contributed by atoms with Gasteiger partial charge in [-0.15, -0.1) is 0 Å². The molecule has 0 bridgehead atoms. The second kappa shape index (κ2) is 8.71. The standard InChI is InChI=1S/C18H28N2O3S.ClH/c1-15-7-11-19(12-8-15)13-9-16-4-3-10-20(16)24(22,23)18-6-2-5-17(21)14-18;/h2,5-6,14-16,21H,3-4,7-13H2,1H3;1H/p-1/t16-;/m1./s1. The lowest BCUT2D eigenvalue weighted by atomic mass is 9.99. The van der Waals surface area contributed by atoms with Crippen LogP contribution >= 0.6 is 0 Å². The average molecular weight is 388 g/mol. The van der Waals surface area contributed by atoms with E-state index in [1.54, 1.807) is 16.4 Å². The number of phenols is 1. The van der Waals surface area contributed by atoms with Crippen LogP contribution < -0.4 is 12.4 Å². The van der Waals surface area contributed by atoms with Crippen LogP contribution in [0.2, 0.25) is 0 Å². The van der Waals surface area contributed by atoms with E-state index in [0.717, 1.165) is 44.8 Å². The maximum atomic E-state index is 12.9. The van der Waals surface area contributed by atoms with Gasteiger partial charge < -0.3 is 22.4 Å². The van der Waals surface area contributed by atoms with Crippen LogP contribution in [0.25, 0.3) is 0 Å². The molecule has 1 N–H and O–H groups in total. The van der Waals surface area contributed by atoms with Crippen molar-refractivity contribution >= 4 is 10.0 Å². The quantitative estimate of drug-likeness (QED) is 0.751. The predicted octanol–water partition coefficient (Wildman–Crippen LogP) is -0.329. The highest BCUT2D eigenvalue weighted by molar-refractivity contribution is 7.89. The Balaban J connectivity index is 0.00000225. The Kier molecular flexibility index (Phi) is 7.14. The number of rotatable bonds is 5. The van der Waals surface area contributed by atoms with Crippen LogP contribution in [-0.2, 0) is 10.0 Å². The maximum Gasteiger partial charge on any atom is 0.243 e. The Morgan fingerprint density at radius 3 is 2.56 bits per heavy atom. The Bertz CT molecular complexity index is 660. The van der Waals surface area contributed by atoms with Crippen molar-refractivity contribution in [1.82, 2.24) is 9.21 Å². The van der Waals surface area contributed by atoms with E-state index in [1.807, 2.05) is 0 Å². The molecule has 3 rings (SSSR count). The Morgan fingerprint density at radius 1 is 1.16 bits per heavy atom. The molecule has 0 aliphatic carbocycles. The second-order valence-electron chi connectivity index (χ2n) is 7.22. The van der Waals surface area contributed by atoms with E-state index in [1.165, 1.54) is 25.0 Å². The molecular weight excluding hydrogens is 360 g/mol. The number of phenolic OH excluding ortho intramolecular Hbond substituents is 1. The summed E-state index contributed by atoms with van der Waals surface area (Å²) in [7, 11) is -3.52. The SMILES string of the molecule is CC1CCN(CC[C@H]2CCCN2S(=O)(=O)c2cccc(O)c2)CC1.[Cl-]. The lowest BCUT2D eigenvalue weighted by Crippen LogP contribution is -3.00. The van der Waals surface area contributed by atoms with Gasteiger partial charge in [-0.25, -0.2) is 8.42 Å². The summed E-state index contributed by atoms with van der Waals surface area (Å²) in [6, 6.07) is 6.07. The van der Waals surface area contributed by atoms with Gasteiger partial charge in [0.25, 0.3) is 0 Å². The molecule has 2 heterocycles. The fourth-order valence-corrected chi connectivity index (χ4v) is 5.57. The fourth-order valence-electron chi connectivity index (χ4n) is 3.81. The number of benzene rings is 1. The van der Waals surface area contributed by atoms with Gasteiger partial charge in [-0.1, -0.05) is 13.0 Å². The lowest BCUT2D eigenvalue weighted by Gasteiger charge is -2.32. The molecule has 0 radical (unpaired) electrons. The van der Waals surface area contributed by atoms with Crippen LogP contribution in [0.5, 0.6) is 5.75 Å². The summed E-state index contributed by atoms with van der Waals surface area (Å²) in [5.41, 5.74) is 0. The first-order chi connectivity index (χ1) is 11.5. The van der Waals surface area contributed by atoms with Crippen molar-refractivity contribution in [3.05, 3.63) is 24.3 Å². The topological polar surface area (TPSA) is 60.9 Å². The molecule has 1 aromatic rings. The van der Waals surface area contributed by atoms with Crippen LogP contribution in [0.3, 0.4) is 0 Å². The van der Waals surface area contributed by atoms with Crippen molar-refractivity contribution in [2.24, 2.45) is 5.92 Å². The zero-order valence-corrected chi connectivity index (χ0v) is 16.3. The Labute approximate surface area is 157 Å². The highest BCUT2D eigenvalue weighted by Gasteiger charge is 2.35. The minimum atomic E-state index is -3.52. The van der Waals surface area contributed by atoms with E-state index >= 15 is 0 Å². The van der Waals surface area contributed by atoms with E-state index in [2.05, 4.69) is 11.8 Å². The van der Waals surface area contributed by atoms with Gasteiger partial charge in [-0.2, -0.15) is 4.31 Å². The summed E-state index contributed by atoms with van der Waals surface area (Å²) >= 11 is 0. The van der Waals surface area contributed by atoms with E-state index < -0.39 is 10.0 Å². The molecule has 0 amide bonds. The molecule has 0 spiro atoms. The molecule has 25 heavy (non-hydrogen) atoms. The summed E-state index contributed by atoms with van der Waals surface area (Å²) in [5.74, 6) is 0.810. The molecule has 0 aromatic heterocycles. The predicted molar refractivity (Wildman–Crippen MR) is 94.5 cm³/mol. The van der Waals surface area contributed by atoms with Gasteiger partial charge >= 0.3 is 0 Å². The fraction of sp³-hybridized carbons (Fsp3) is 0.667. The molecule has 2 aliphatic heterocycles. The number of hydrogen-bond donors (Lipinski definition) is 1. The normalized spacial score (nSPS) is 23.5. The Hall–Kier alpha value is -0.820. The third-order valence-electron chi connectivity index (χ3n) is 5.40. The van der Waals surface area contributed by atoms with Crippen molar-refractivity contribution in [1.29, 1.82) is 0 Å². The van der Waals surface area contributed by atoms with E-state index in [0.29, 0.717) is 6.54 Å². The monoisotopic (exact) mass is 387 g/mol.